The highest BCUT2D eigenvalue weighted by atomic mass is 16.2. The van der Waals surface area contributed by atoms with Crippen molar-refractivity contribution in [3.05, 3.63) is 0 Å². The molecule has 0 aliphatic carbocycles. The van der Waals surface area contributed by atoms with Crippen LogP contribution in [0.5, 0.6) is 0 Å². The van der Waals surface area contributed by atoms with Gasteiger partial charge in [0.25, 0.3) is 0 Å². The Morgan fingerprint density at radius 1 is 1.36 bits per heavy atom. The van der Waals surface area contributed by atoms with Gasteiger partial charge in [-0.3, -0.25) is 14.4 Å². The van der Waals surface area contributed by atoms with E-state index in [9.17, 15) is 14.4 Å². The molecular formula is C9H16N2O3. The number of carbonyl (C=O) groups is 3. The SMILES string of the molecule is CCC(=O)N[C@@H](CCC(N)=O)C(C)=O. The van der Waals surface area contributed by atoms with E-state index < -0.39 is 11.9 Å². The predicted octanol–water partition coefficient (Wildman–Crippen LogP) is -0.264. The zero-order chi connectivity index (χ0) is 11.1. The molecule has 1 atom stereocenters. The highest BCUT2D eigenvalue weighted by molar-refractivity contribution is 5.87. The molecule has 0 saturated heterocycles. The van der Waals surface area contributed by atoms with Crippen molar-refractivity contribution in [1.82, 2.24) is 5.32 Å². The molecule has 0 aromatic heterocycles. The average molecular weight is 200 g/mol. The first-order valence-electron chi connectivity index (χ1n) is 4.55. The van der Waals surface area contributed by atoms with Gasteiger partial charge in [-0.2, -0.15) is 0 Å². The minimum Gasteiger partial charge on any atom is -0.370 e. The molecule has 0 fully saturated rings. The number of primary amides is 1. The van der Waals surface area contributed by atoms with Gasteiger partial charge in [-0.15, -0.1) is 0 Å². The van der Waals surface area contributed by atoms with Gasteiger partial charge in [-0.1, -0.05) is 6.92 Å². The summed E-state index contributed by atoms with van der Waals surface area (Å²) in [5, 5.41) is 2.53. The molecular weight excluding hydrogens is 184 g/mol. The van der Waals surface area contributed by atoms with Gasteiger partial charge in [0.05, 0.1) is 6.04 Å². The van der Waals surface area contributed by atoms with E-state index in [1.807, 2.05) is 0 Å². The third kappa shape index (κ3) is 5.29. The number of rotatable bonds is 6. The Bertz CT molecular complexity index is 238. The van der Waals surface area contributed by atoms with Crippen molar-refractivity contribution in [3.8, 4) is 0 Å². The van der Waals surface area contributed by atoms with Crippen LogP contribution in [-0.2, 0) is 14.4 Å². The molecule has 0 saturated carbocycles. The van der Waals surface area contributed by atoms with Crippen LogP contribution >= 0.6 is 0 Å². The van der Waals surface area contributed by atoms with Gasteiger partial charge in [0.2, 0.25) is 11.8 Å². The number of amides is 2. The van der Waals surface area contributed by atoms with Crippen molar-refractivity contribution >= 4 is 17.6 Å². The number of nitrogens with two attached hydrogens (primary N) is 1. The van der Waals surface area contributed by atoms with Crippen LogP contribution in [0, 0.1) is 0 Å². The highest BCUT2D eigenvalue weighted by Crippen LogP contribution is 1.98. The third-order valence-electron chi connectivity index (χ3n) is 1.83. The van der Waals surface area contributed by atoms with Crippen molar-refractivity contribution in [3.63, 3.8) is 0 Å². The van der Waals surface area contributed by atoms with Crippen molar-refractivity contribution in [2.75, 3.05) is 0 Å². The van der Waals surface area contributed by atoms with Gasteiger partial charge >= 0.3 is 0 Å². The number of hydrogen-bond acceptors (Lipinski definition) is 3. The molecule has 3 N–H and O–H groups in total. The van der Waals surface area contributed by atoms with Gasteiger partial charge < -0.3 is 11.1 Å². The van der Waals surface area contributed by atoms with Crippen LogP contribution in [0.25, 0.3) is 0 Å². The zero-order valence-corrected chi connectivity index (χ0v) is 8.50. The Hall–Kier alpha value is -1.39. The van der Waals surface area contributed by atoms with Gasteiger partial charge in [0.1, 0.15) is 0 Å². The summed E-state index contributed by atoms with van der Waals surface area (Å²) in [6.45, 7) is 3.07. The minimum absolute atomic E-state index is 0.105. The largest absolute Gasteiger partial charge is 0.370 e. The minimum atomic E-state index is -0.588. The van der Waals surface area contributed by atoms with Crippen LogP contribution in [0.2, 0.25) is 0 Å². The van der Waals surface area contributed by atoms with E-state index in [1.165, 1.54) is 6.92 Å². The lowest BCUT2D eigenvalue weighted by Crippen LogP contribution is -2.40. The number of carbonyl (C=O) groups excluding carboxylic acids is 3. The Morgan fingerprint density at radius 3 is 2.29 bits per heavy atom. The monoisotopic (exact) mass is 200 g/mol. The van der Waals surface area contributed by atoms with Gasteiger partial charge in [-0.05, 0) is 13.3 Å². The van der Waals surface area contributed by atoms with Gasteiger partial charge in [0.15, 0.2) is 5.78 Å². The van der Waals surface area contributed by atoms with Crippen LogP contribution in [0.1, 0.15) is 33.1 Å². The fraction of sp³-hybridized carbons (Fsp3) is 0.667. The number of nitrogens with one attached hydrogen (secondary N) is 1. The maximum absolute atomic E-state index is 11.0. The van der Waals surface area contributed by atoms with E-state index in [-0.39, 0.29) is 24.5 Å². The smallest absolute Gasteiger partial charge is 0.220 e. The molecule has 2 amide bonds. The van der Waals surface area contributed by atoms with Gasteiger partial charge in [0, 0.05) is 12.8 Å². The summed E-state index contributed by atoms with van der Waals surface area (Å²) >= 11 is 0. The first-order valence-corrected chi connectivity index (χ1v) is 4.55. The molecule has 0 bridgehead atoms. The van der Waals surface area contributed by atoms with Gasteiger partial charge in [-0.25, -0.2) is 0 Å². The molecule has 0 aromatic carbocycles. The summed E-state index contributed by atoms with van der Waals surface area (Å²) in [5.41, 5.74) is 4.94. The van der Waals surface area contributed by atoms with Crippen molar-refractivity contribution < 1.29 is 14.4 Å². The fourth-order valence-electron chi connectivity index (χ4n) is 0.960. The molecule has 0 rings (SSSR count). The van der Waals surface area contributed by atoms with Crippen LogP contribution in [-0.4, -0.2) is 23.6 Å². The summed E-state index contributed by atoms with van der Waals surface area (Å²) in [6.07, 6.45) is 0.699. The second kappa shape index (κ2) is 6.12. The summed E-state index contributed by atoms with van der Waals surface area (Å²) in [7, 11) is 0. The van der Waals surface area contributed by atoms with Crippen molar-refractivity contribution in [1.29, 1.82) is 0 Å². The third-order valence-corrected chi connectivity index (χ3v) is 1.83. The maximum Gasteiger partial charge on any atom is 0.220 e. The predicted molar refractivity (Wildman–Crippen MR) is 51.3 cm³/mol. The molecule has 5 nitrogen and oxygen atoms in total. The molecule has 14 heavy (non-hydrogen) atoms. The Labute approximate surface area is 83.0 Å². The lowest BCUT2D eigenvalue weighted by atomic mass is 10.1. The molecule has 0 aromatic rings. The molecule has 80 valence electrons. The van der Waals surface area contributed by atoms with E-state index in [2.05, 4.69) is 5.32 Å². The highest BCUT2D eigenvalue weighted by Gasteiger charge is 2.16. The molecule has 0 radical (unpaired) electrons. The lowest BCUT2D eigenvalue weighted by molar-refractivity contribution is -0.127. The van der Waals surface area contributed by atoms with E-state index in [0.717, 1.165) is 0 Å². The molecule has 0 heterocycles. The fourth-order valence-corrected chi connectivity index (χ4v) is 0.960. The molecule has 5 heteroatoms. The van der Waals surface area contributed by atoms with Crippen molar-refractivity contribution in [2.45, 2.75) is 39.2 Å². The number of hydrogen-bond donors (Lipinski definition) is 2. The molecule has 0 spiro atoms. The Balaban J connectivity index is 4.09. The molecule has 0 aliphatic rings. The topological polar surface area (TPSA) is 89.3 Å². The number of Topliss-reactive ketones (excluding diaryl/α,β-unsaturated/α-hetero) is 1. The van der Waals surface area contributed by atoms with Crippen molar-refractivity contribution in [2.24, 2.45) is 5.73 Å². The normalized spacial score (nSPS) is 11.9. The Kier molecular flexibility index (Phi) is 5.52. The molecule has 0 unspecified atom stereocenters. The Morgan fingerprint density at radius 2 is 1.93 bits per heavy atom. The maximum atomic E-state index is 11.0. The van der Waals surface area contributed by atoms with Crippen LogP contribution < -0.4 is 11.1 Å². The second-order valence-corrected chi connectivity index (χ2v) is 3.09. The second-order valence-electron chi connectivity index (χ2n) is 3.09. The van der Waals surface area contributed by atoms with E-state index in [1.54, 1.807) is 6.92 Å². The van der Waals surface area contributed by atoms with E-state index in [4.69, 9.17) is 5.73 Å². The van der Waals surface area contributed by atoms with E-state index >= 15 is 0 Å². The van der Waals surface area contributed by atoms with Crippen LogP contribution in [0.4, 0.5) is 0 Å². The summed E-state index contributed by atoms with van der Waals surface area (Å²) in [5.74, 6) is -0.829. The average Bonchev–Trinajstić information content (AvgIpc) is 2.10. The standard InChI is InChI=1S/C9H16N2O3/c1-3-9(14)11-7(6(2)12)4-5-8(10)13/h7H,3-5H2,1-2H3,(H2,10,13)(H,11,14)/t7-/m0/s1. The first kappa shape index (κ1) is 12.6. The molecule has 0 aliphatic heterocycles. The summed E-state index contributed by atoms with van der Waals surface area (Å²) in [6, 6.07) is -0.588. The van der Waals surface area contributed by atoms with Crippen LogP contribution in [0.15, 0.2) is 0 Å². The van der Waals surface area contributed by atoms with E-state index in [0.29, 0.717) is 6.42 Å². The zero-order valence-electron chi connectivity index (χ0n) is 8.50. The first-order chi connectivity index (χ1) is 6.47. The van der Waals surface area contributed by atoms with Crippen LogP contribution in [0.3, 0.4) is 0 Å². The number of ketones is 1. The summed E-state index contributed by atoms with van der Waals surface area (Å²) < 4.78 is 0. The summed E-state index contributed by atoms with van der Waals surface area (Å²) in [4.78, 5) is 32.5. The quantitative estimate of drug-likeness (QED) is 0.618. The lowest BCUT2D eigenvalue weighted by Gasteiger charge is -2.14.